The molecule has 4 N–H and O–H groups in total. The number of fused-ring (bicyclic) bond motifs is 1. The van der Waals surface area contributed by atoms with Gasteiger partial charge in [-0.2, -0.15) is 5.10 Å². The number of alkyl halides is 2. The summed E-state index contributed by atoms with van der Waals surface area (Å²) in [6.45, 7) is 3.12. The topological polar surface area (TPSA) is 95.9 Å². The molecule has 1 atom stereocenters. The normalized spacial score (nSPS) is 24.2. The fourth-order valence-electron chi connectivity index (χ4n) is 4.97. The van der Waals surface area contributed by atoms with Gasteiger partial charge in [0.1, 0.15) is 17.7 Å². The second kappa shape index (κ2) is 10.6. The molecule has 200 valence electrons. The SMILES string of the molecule is CC1(Nc2ncnn3ccc(CN4CCNCC(F)(F)C4)c23)C=CC(=NCc2cccc(F)c2)C(=CN)C1. The standard InChI is InChI=1S/C27H31F3N8/c1-26(7-5-23(21(12-26)13-31)33-14-19-3-2-4-22(28)11-19)36-25-24-20(6-9-38(24)35-18-34-25)15-37-10-8-32-16-27(29,30)17-37/h2-7,9,11,13,18,32H,8,10,12,14-17,31H2,1H3,(H,34,35,36). The number of nitrogens with two attached hydrogens (primary N) is 1. The highest BCUT2D eigenvalue weighted by molar-refractivity contribution is 6.09. The van der Waals surface area contributed by atoms with E-state index in [2.05, 4.69) is 25.7 Å². The highest BCUT2D eigenvalue weighted by Gasteiger charge is 2.34. The van der Waals surface area contributed by atoms with E-state index in [1.54, 1.807) is 21.7 Å². The molecule has 2 aromatic heterocycles. The van der Waals surface area contributed by atoms with Gasteiger partial charge < -0.3 is 16.4 Å². The van der Waals surface area contributed by atoms with E-state index in [9.17, 15) is 13.2 Å². The Morgan fingerprint density at radius 1 is 1.29 bits per heavy atom. The molecule has 3 heterocycles. The minimum absolute atomic E-state index is 0.296. The zero-order valence-electron chi connectivity index (χ0n) is 21.2. The molecule has 5 rings (SSSR count). The quantitative estimate of drug-likeness (QED) is 0.457. The maximum absolute atomic E-state index is 14.2. The molecule has 38 heavy (non-hydrogen) atoms. The van der Waals surface area contributed by atoms with Crippen molar-refractivity contribution in [1.82, 2.24) is 24.8 Å². The molecule has 1 aromatic carbocycles. The molecule has 0 radical (unpaired) electrons. The fourth-order valence-corrected chi connectivity index (χ4v) is 4.97. The Balaban J connectivity index is 1.38. The van der Waals surface area contributed by atoms with Gasteiger partial charge in [0.05, 0.1) is 30.9 Å². The molecule has 1 aliphatic carbocycles. The maximum Gasteiger partial charge on any atom is 0.272 e. The Labute approximate surface area is 219 Å². The Morgan fingerprint density at radius 2 is 2.16 bits per heavy atom. The van der Waals surface area contributed by atoms with Crippen LogP contribution in [0.5, 0.6) is 0 Å². The third kappa shape index (κ3) is 5.89. The van der Waals surface area contributed by atoms with Crippen LogP contribution in [-0.4, -0.2) is 62.9 Å². The predicted molar refractivity (Wildman–Crippen MR) is 142 cm³/mol. The molecule has 11 heteroatoms. The summed E-state index contributed by atoms with van der Waals surface area (Å²) in [5.41, 5.74) is 9.39. The number of hydrogen-bond donors (Lipinski definition) is 3. The second-order valence-corrected chi connectivity index (χ2v) is 10.1. The molecule has 0 spiro atoms. The summed E-state index contributed by atoms with van der Waals surface area (Å²) in [6, 6.07) is 8.26. The monoisotopic (exact) mass is 524 g/mol. The zero-order valence-corrected chi connectivity index (χ0v) is 21.2. The average molecular weight is 525 g/mol. The van der Waals surface area contributed by atoms with E-state index in [4.69, 9.17) is 5.73 Å². The molecule has 1 aliphatic heterocycles. The minimum atomic E-state index is -2.79. The summed E-state index contributed by atoms with van der Waals surface area (Å²) in [4.78, 5) is 10.9. The van der Waals surface area contributed by atoms with Gasteiger partial charge in [0.25, 0.3) is 5.92 Å². The molecule has 3 aromatic rings. The fraction of sp³-hybridized carbons (Fsp3) is 0.370. The van der Waals surface area contributed by atoms with Crippen molar-refractivity contribution in [1.29, 1.82) is 0 Å². The van der Waals surface area contributed by atoms with Crippen molar-refractivity contribution in [2.75, 3.05) is 31.5 Å². The van der Waals surface area contributed by atoms with Crippen molar-refractivity contribution < 1.29 is 13.2 Å². The summed E-state index contributed by atoms with van der Waals surface area (Å²) in [7, 11) is 0. The lowest BCUT2D eigenvalue weighted by Gasteiger charge is -2.33. The van der Waals surface area contributed by atoms with Crippen molar-refractivity contribution in [2.24, 2.45) is 10.7 Å². The van der Waals surface area contributed by atoms with Crippen LogP contribution in [0.1, 0.15) is 24.5 Å². The lowest BCUT2D eigenvalue weighted by molar-refractivity contribution is -0.0200. The number of anilines is 1. The number of allylic oxidation sites excluding steroid dienone is 1. The summed E-state index contributed by atoms with van der Waals surface area (Å²) in [6.07, 6.45) is 9.26. The number of aliphatic imine (C=N–C) groups is 1. The van der Waals surface area contributed by atoms with E-state index in [1.807, 2.05) is 37.4 Å². The molecule has 1 saturated heterocycles. The van der Waals surface area contributed by atoms with Gasteiger partial charge >= 0.3 is 0 Å². The molecule has 0 saturated carbocycles. The summed E-state index contributed by atoms with van der Waals surface area (Å²) in [5.74, 6) is -2.48. The first-order valence-electron chi connectivity index (χ1n) is 12.5. The number of benzene rings is 1. The van der Waals surface area contributed by atoms with Crippen LogP contribution in [0.25, 0.3) is 5.52 Å². The van der Waals surface area contributed by atoms with Crippen LogP contribution < -0.4 is 16.4 Å². The van der Waals surface area contributed by atoms with Crippen molar-refractivity contribution >= 4 is 17.0 Å². The Kier molecular flexibility index (Phi) is 7.22. The van der Waals surface area contributed by atoms with E-state index in [1.165, 1.54) is 18.5 Å². The van der Waals surface area contributed by atoms with Gasteiger partial charge in [-0.3, -0.25) is 9.89 Å². The van der Waals surface area contributed by atoms with Gasteiger partial charge in [-0.05, 0) is 54.1 Å². The van der Waals surface area contributed by atoms with Gasteiger partial charge in [-0.1, -0.05) is 18.2 Å². The second-order valence-electron chi connectivity index (χ2n) is 10.1. The number of halogens is 3. The van der Waals surface area contributed by atoms with Crippen LogP contribution in [0.2, 0.25) is 0 Å². The first-order valence-corrected chi connectivity index (χ1v) is 12.5. The molecule has 1 unspecified atom stereocenters. The van der Waals surface area contributed by atoms with E-state index < -0.39 is 11.5 Å². The van der Waals surface area contributed by atoms with Crippen LogP contribution in [0.3, 0.4) is 0 Å². The van der Waals surface area contributed by atoms with Gasteiger partial charge in [-0.25, -0.2) is 22.7 Å². The molecule has 0 bridgehead atoms. The van der Waals surface area contributed by atoms with Crippen LogP contribution in [0.4, 0.5) is 19.0 Å². The van der Waals surface area contributed by atoms with Gasteiger partial charge in [0, 0.05) is 32.3 Å². The van der Waals surface area contributed by atoms with Gasteiger partial charge in [0.2, 0.25) is 0 Å². The highest BCUT2D eigenvalue weighted by Crippen LogP contribution is 2.31. The van der Waals surface area contributed by atoms with Crippen molar-refractivity contribution in [3.05, 3.63) is 83.7 Å². The molecule has 2 aliphatic rings. The summed E-state index contributed by atoms with van der Waals surface area (Å²) in [5, 5.41) is 10.6. The predicted octanol–water partition coefficient (Wildman–Crippen LogP) is 3.52. The average Bonchev–Trinajstić information content (AvgIpc) is 3.20. The van der Waals surface area contributed by atoms with Crippen LogP contribution in [-0.2, 0) is 13.1 Å². The molecule has 8 nitrogen and oxygen atoms in total. The minimum Gasteiger partial charge on any atom is -0.404 e. The van der Waals surface area contributed by atoms with E-state index in [0.717, 1.165) is 27.9 Å². The third-order valence-electron chi connectivity index (χ3n) is 6.80. The van der Waals surface area contributed by atoms with Crippen molar-refractivity contribution in [3.8, 4) is 0 Å². The largest absolute Gasteiger partial charge is 0.404 e. The smallest absolute Gasteiger partial charge is 0.272 e. The van der Waals surface area contributed by atoms with E-state index in [0.29, 0.717) is 38.4 Å². The van der Waals surface area contributed by atoms with Gasteiger partial charge in [0.15, 0.2) is 5.82 Å². The maximum atomic E-state index is 14.2. The number of aromatic nitrogens is 3. The molecule has 0 amide bonds. The molecular formula is C27H31F3N8. The number of hydrogen-bond acceptors (Lipinski definition) is 7. The van der Waals surface area contributed by atoms with Crippen molar-refractivity contribution in [2.45, 2.75) is 37.9 Å². The molecular weight excluding hydrogens is 493 g/mol. The Morgan fingerprint density at radius 3 is 2.97 bits per heavy atom. The number of nitrogens with zero attached hydrogens (tertiary/aromatic N) is 5. The van der Waals surface area contributed by atoms with Gasteiger partial charge in [-0.15, -0.1) is 0 Å². The molecule has 1 fully saturated rings. The van der Waals surface area contributed by atoms with Crippen LogP contribution in [0.15, 0.2) is 71.8 Å². The summed E-state index contributed by atoms with van der Waals surface area (Å²) < 4.78 is 43.6. The van der Waals surface area contributed by atoms with Crippen molar-refractivity contribution in [3.63, 3.8) is 0 Å². The number of rotatable bonds is 6. The highest BCUT2D eigenvalue weighted by atomic mass is 19.3. The van der Waals surface area contributed by atoms with Crippen LogP contribution >= 0.6 is 0 Å². The first kappa shape index (κ1) is 25.9. The van der Waals surface area contributed by atoms with E-state index >= 15 is 0 Å². The van der Waals surface area contributed by atoms with E-state index in [-0.39, 0.29) is 18.9 Å². The summed E-state index contributed by atoms with van der Waals surface area (Å²) >= 11 is 0. The first-order chi connectivity index (χ1) is 18.2. The zero-order chi connectivity index (χ0) is 26.8. The Hall–Kier alpha value is -3.70. The third-order valence-corrected chi connectivity index (χ3v) is 6.80. The lowest BCUT2D eigenvalue weighted by Crippen LogP contribution is -2.38. The number of nitrogens with one attached hydrogen (secondary N) is 2. The Bertz CT molecular complexity index is 1400. The lowest BCUT2D eigenvalue weighted by atomic mass is 9.85. The van der Waals surface area contributed by atoms with Crippen LogP contribution in [0, 0.1) is 5.82 Å².